The number of fused-ring (bicyclic) bond motifs is 1. The summed E-state index contributed by atoms with van der Waals surface area (Å²) in [5, 5.41) is 0.892. The molecule has 0 bridgehead atoms. The predicted molar refractivity (Wildman–Crippen MR) is 119 cm³/mol. The molecule has 3 aromatic carbocycles. The Balaban J connectivity index is 1.47. The highest BCUT2D eigenvalue weighted by atomic mass is 79.9. The number of aryl methyl sites for hydroxylation is 1. The lowest BCUT2D eigenvalue weighted by molar-refractivity contribution is 0.306. The second kappa shape index (κ2) is 8.45. The summed E-state index contributed by atoms with van der Waals surface area (Å²) in [6.45, 7) is 2.29. The van der Waals surface area contributed by atoms with E-state index in [0.29, 0.717) is 5.58 Å². The van der Waals surface area contributed by atoms with Gasteiger partial charge in [0.15, 0.2) is 0 Å². The van der Waals surface area contributed by atoms with E-state index in [1.165, 1.54) is 6.07 Å². The monoisotopic (exact) mass is 447 g/mol. The maximum atomic E-state index is 11.8. The van der Waals surface area contributed by atoms with E-state index < -0.39 is 0 Å². The Morgan fingerprint density at radius 3 is 2.52 bits per heavy atom. The van der Waals surface area contributed by atoms with E-state index in [2.05, 4.69) is 20.9 Å². The molecule has 4 nitrogen and oxygen atoms in total. The molecule has 0 amide bonds. The van der Waals surface area contributed by atoms with Crippen molar-refractivity contribution in [1.82, 2.24) is 0 Å². The zero-order valence-corrected chi connectivity index (χ0v) is 17.3. The highest BCUT2D eigenvalue weighted by Gasteiger charge is 2.07. The Hall–Kier alpha value is -3.18. The second-order valence-corrected chi connectivity index (χ2v) is 7.60. The Morgan fingerprint density at radius 1 is 1.00 bits per heavy atom. The summed E-state index contributed by atoms with van der Waals surface area (Å²) in [5.74, 6) is 0.722. The molecule has 0 aliphatic heterocycles. The van der Waals surface area contributed by atoms with Gasteiger partial charge in [0.1, 0.15) is 17.9 Å². The molecule has 0 spiro atoms. The van der Waals surface area contributed by atoms with Gasteiger partial charge in [0.2, 0.25) is 0 Å². The molecule has 0 aliphatic carbocycles. The average molecular weight is 448 g/mol. The normalized spacial score (nSPS) is 11.2. The molecule has 0 saturated heterocycles. The molecule has 144 valence electrons. The molecule has 5 heteroatoms. The lowest BCUT2D eigenvalue weighted by atomic mass is 10.1. The van der Waals surface area contributed by atoms with E-state index in [1.54, 1.807) is 0 Å². The van der Waals surface area contributed by atoms with Gasteiger partial charge in [-0.3, -0.25) is 4.99 Å². The smallest absolute Gasteiger partial charge is 0.336 e. The quantitative estimate of drug-likeness (QED) is 0.270. The van der Waals surface area contributed by atoms with Crippen LogP contribution in [-0.4, -0.2) is 6.21 Å². The Labute approximate surface area is 176 Å². The van der Waals surface area contributed by atoms with Crippen molar-refractivity contribution in [2.75, 3.05) is 0 Å². The Morgan fingerprint density at radius 2 is 1.76 bits per heavy atom. The van der Waals surface area contributed by atoms with Gasteiger partial charge in [0, 0.05) is 27.7 Å². The molecule has 0 unspecified atom stereocenters. The van der Waals surface area contributed by atoms with Crippen molar-refractivity contribution in [1.29, 1.82) is 0 Å². The highest BCUT2D eigenvalue weighted by molar-refractivity contribution is 9.10. The maximum absolute atomic E-state index is 11.8. The van der Waals surface area contributed by atoms with Crippen LogP contribution in [0.5, 0.6) is 5.75 Å². The number of nitrogens with zero attached hydrogens (tertiary/aromatic N) is 1. The molecule has 0 aliphatic rings. The summed E-state index contributed by atoms with van der Waals surface area (Å²) in [6.07, 6.45) is 1.81. The van der Waals surface area contributed by atoms with Crippen molar-refractivity contribution in [2.45, 2.75) is 13.5 Å². The van der Waals surface area contributed by atoms with E-state index in [1.807, 2.05) is 79.9 Å². The summed E-state index contributed by atoms with van der Waals surface area (Å²) >= 11 is 3.41. The van der Waals surface area contributed by atoms with Crippen molar-refractivity contribution in [3.05, 3.63) is 104 Å². The summed E-state index contributed by atoms with van der Waals surface area (Å²) < 4.78 is 12.2. The first-order chi connectivity index (χ1) is 14.1. The zero-order valence-electron chi connectivity index (χ0n) is 15.8. The lowest BCUT2D eigenvalue weighted by Gasteiger charge is -2.09. The Bertz CT molecular complexity index is 1230. The van der Waals surface area contributed by atoms with Gasteiger partial charge < -0.3 is 9.15 Å². The molecule has 0 atom stereocenters. The van der Waals surface area contributed by atoms with Gasteiger partial charge in [-0.1, -0.05) is 27.6 Å². The largest absolute Gasteiger partial charge is 0.489 e. The summed E-state index contributed by atoms with van der Waals surface area (Å²) in [4.78, 5) is 16.3. The van der Waals surface area contributed by atoms with Crippen LogP contribution >= 0.6 is 15.9 Å². The lowest BCUT2D eigenvalue weighted by Crippen LogP contribution is -2.04. The molecule has 1 heterocycles. The molecule has 0 radical (unpaired) electrons. The van der Waals surface area contributed by atoms with Gasteiger partial charge in [-0.2, -0.15) is 0 Å². The first kappa shape index (κ1) is 19.2. The van der Waals surface area contributed by atoms with Crippen LogP contribution in [0.3, 0.4) is 0 Å². The van der Waals surface area contributed by atoms with Crippen LogP contribution in [0.2, 0.25) is 0 Å². The van der Waals surface area contributed by atoms with Crippen LogP contribution in [0.1, 0.15) is 16.7 Å². The molecular formula is C24H18BrNO3. The summed E-state index contributed by atoms with van der Waals surface area (Å²) in [7, 11) is 0. The van der Waals surface area contributed by atoms with Gasteiger partial charge in [0.25, 0.3) is 0 Å². The van der Waals surface area contributed by atoms with E-state index >= 15 is 0 Å². The Kier molecular flexibility index (Phi) is 5.58. The minimum absolute atomic E-state index is 0.290. The van der Waals surface area contributed by atoms with E-state index in [4.69, 9.17) is 9.15 Å². The first-order valence-electron chi connectivity index (χ1n) is 9.13. The van der Waals surface area contributed by atoms with Crippen LogP contribution in [0.25, 0.3) is 11.0 Å². The van der Waals surface area contributed by atoms with Crippen molar-refractivity contribution in [3.8, 4) is 5.75 Å². The summed E-state index contributed by atoms with van der Waals surface area (Å²) in [5.41, 5.74) is 3.96. The van der Waals surface area contributed by atoms with Crippen LogP contribution < -0.4 is 10.4 Å². The van der Waals surface area contributed by atoms with E-state index in [-0.39, 0.29) is 12.2 Å². The van der Waals surface area contributed by atoms with Crippen LogP contribution in [0.15, 0.2) is 91.5 Å². The first-order valence-corrected chi connectivity index (χ1v) is 9.92. The van der Waals surface area contributed by atoms with Crippen LogP contribution in [-0.2, 0) is 6.61 Å². The third kappa shape index (κ3) is 4.81. The minimum atomic E-state index is -0.376. The molecule has 4 rings (SSSR count). The van der Waals surface area contributed by atoms with Gasteiger partial charge in [-0.15, -0.1) is 0 Å². The fraction of sp³-hybridized carbons (Fsp3) is 0.0833. The number of benzene rings is 3. The van der Waals surface area contributed by atoms with Crippen molar-refractivity contribution in [2.24, 2.45) is 4.99 Å². The molecule has 0 fully saturated rings. The third-order valence-corrected chi connectivity index (χ3v) is 4.98. The number of aliphatic imine (C=N–C) groups is 1. The third-order valence-electron chi connectivity index (χ3n) is 4.45. The average Bonchev–Trinajstić information content (AvgIpc) is 2.73. The van der Waals surface area contributed by atoms with E-state index in [0.717, 1.165) is 38.0 Å². The number of hydrogen-bond acceptors (Lipinski definition) is 4. The maximum Gasteiger partial charge on any atom is 0.336 e. The van der Waals surface area contributed by atoms with Crippen molar-refractivity contribution >= 4 is 38.8 Å². The van der Waals surface area contributed by atoms with Gasteiger partial charge in [0.05, 0.1) is 5.69 Å². The molecule has 0 saturated carbocycles. The molecule has 29 heavy (non-hydrogen) atoms. The van der Waals surface area contributed by atoms with Gasteiger partial charge >= 0.3 is 5.63 Å². The number of rotatable bonds is 5. The predicted octanol–water partition coefficient (Wildman–Crippen LogP) is 6.19. The fourth-order valence-electron chi connectivity index (χ4n) is 2.95. The van der Waals surface area contributed by atoms with Gasteiger partial charge in [-0.25, -0.2) is 4.79 Å². The zero-order chi connectivity index (χ0) is 20.2. The fourth-order valence-corrected chi connectivity index (χ4v) is 3.21. The van der Waals surface area contributed by atoms with Crippen molar-refractivity contribution in [3.63, 3.8) is 0 Å². The molecule has 4 aromatic rings. The van der Waals surface area contributed by atoms with Gasteiger partial charge in [-0.05, 0) is 73.2 Å². The summed E-state index contributed by atoms with van der Waals surface area (Å²) in [6, 6.07) is 22.7. The number of ether oxygens (including phenoxy) is 1. The standard InChI is InChI=1S/C24H18BrNO3/c1-16-2-11-23-22(12-16)18(13-24(27)29-23)15-28-21-9-3-17(4-10-21)14-26-20-7-5-19(25)6-8-20/h2-14H,15H2,1H3. The number of hydrogen-bond donors (Lipinski definition) is 0. The van der Waals surface area contributed by atoms with Crippen LogP contribution in [0, 0.1) is 6.92 Å². The van der Waals surface area contributed by atoms with E-state index in [9.17, 15) is 4.79 Å². The SMILES string of the molecule is Cc1ccc2oc(=O)cc(COc3ccc(C=Nc4ccc(Br)cc4)cc3)c2c1. The molecule has 1 aromatic heterocycles. The minimum Gasteiger partial charge on any atom is -0.489 e. The van der Waals surface area contributed by atoms with Crippen LogP contribution in [0.4, 0.5) is 5.69 Å². The topological polar surface area (TPSA) is 51.8 Å². The number of halogens is 1. The van der Waals surface area contributed by atoms with Crippen molar-refractivity contribution < 1.29 is 9.15 Å². The highest BCUT2D eigenvalue weighted by Crippen LogP contribution is 2.21. The molecule has 0 N–H and O–H groups in total. The molecular weight excluding hydrogens is 430 g/mol. The second-order valence-electron chi connectivity index (χ2n) is 6.68.